The quantitative estimate of drug-likeness (QED) is 0.662. The van der Waals surface area contributed by atoms with Crippen molar-refractivity contribution in [1.82, 2.24) is 16.0 Å². The van der Waals surface area contributed by atoms with Crippen molar-refractivity contribution in [3.8, 4) is 5.75 Å². The second-order valence-corrected chi connectivity index (χ2v) is 5.48. The SMILES string of the molecule is C=C1NC(=O)NC(C(=O)NC2CCc3ccc(OC)cc32)=C1N. The molecule has 0 saturated heterocycles. The number of hydrogen-bond acceptors (Lipinski definition) is 4. The van der Waals surface area contributed by atoms with E-state index in [1.165, 1.54) is 5.56 Å². The predicted molar refractivity (Wildman–Crippen MR) is 84.2 cm³/mol. The summed E-state index contributed by atoms with van der Waals surface area (Å²) < 4.78 is 5.24. The number of fused-ring (bicyclic) bond motifs is 1. The normalized spacial score (nSPS) is 19.8. The molecule has 0 fully saturated rings. The van der Waals surface area contributed by atoms with Gasteiger partial charge in [0.25, 0.3) is 5.91 Å². The van der Waals surface area contributed by atoms with Crippen LogP contribution in [0.3, 0.4) is 0 Å². The van der Waals surface area contributed by atoms with Crippen molar-refractivity contribution >= 4 is 11.9 Å². The van der Waals surface area contributed by atoms with E-state index in [1.54, 1.807) is 7.11 Å². The summed E-state index contributed by atoms with van der Waals surface area (Å²) in [5.74, 6) is 0.311. The monoisotopic (exact) mass is 314 g/mol. The number of aryl methyl sites for hydroxylation is 1. The maximum absolute atomic E-state index is 12.5. The van der Waals surface area contributed by atoms with Crippen LogP contribution in [0.2, 0.25) is 0 Å². The van der Waals surface area contributed by atoms with Crippen LogP contribution in [0.4, 0.5) is 4.79 Å². The van der Waals surface area contributed by atoms with Gasteiger partial charge < -0.3 is 26.4 Å². The predicted octanol–water partition coefficient (Wildman–Crippen LogP) is 0.795. The summed E-state index contributed by atoms with van der Waals surface area (Å²) in [6.45, 7) is 3.62. The van der Waals surface area contributed by atoms with Crippen molar-refractivity contribution in [2.45, 2.75) is 18.9 Å². The van der Waals surface area contributed by atoms with Gasteiger partial charge in [-0.2, -0.15) is 0 Å². The highest BCUT2D eigenvalue weighted by atomic mass is 16.5. The Bertz CT molecular complexity index is 739. The number of nitrogens with two attached hydrogens (primary N) is 1. The number of urea groups is 1. The Hall–Kier alpha value is -2.96. The van der Waals surface area contributed by atoms with Gasteiger partial charge in [0.1, 0.15) is 11.4 Å². The Kier molecular flexibility index (Phi) is 3.69. The van der Waals surface area contributed by atoms with Crippen LogP contribution in [-0.4, -0.2) is 19.0 Å². The lowest BCUT2D eigenvalue weighted by molar-refractivity contribution is -0.118. The number of benzene rings is 1. The molecule has 1 atom stereocenters. The summed E-state index contributed by atoms with van der Waals surface area (Å²) in [7, 11) is 1.60. The van der Waals surface area contributed by atoms with Crippen LogP contribution in [-0.2, 0) is 11.2 Å². The first-order chi connectivity index (χ1) is 11.0. The summed E-state index contributed by atoms with van der Waals surface area (Å²) in [5.41, 5.74) is 8.39. The van der Waals surface area contributed by atoms with Gasteiger partial charge in [-0.1, -0.05) is 12.6 Å². The highest BCUT2D eigenvalue weighted by Crippen LogP contribution is 2.33. The van der Waals surface area contributed by atoms with Gasteiger partial charge in [0.15, 0.2) is 0 Å². The summed E-state index contributed by atoms with van der Waals surface area (Å²) in [6, 6.07) is 5.16. The van der Waals surface area contributed by atoms with Crippen LogP contribution in [0.1, 0.15) is 23.6 Å². The Balaban J connectivity index is 1.82. The molecule has 0 radical (unpaired) electrons. The van der Waals surface area contributed by atoms with Gasteiger partial charge in [-0.3, -0.25) is 4.79 Å². The average molecular weight is 314 g/mol. The van der Waals surface area contributed by atoms with Crippen molar-refractivity contribution in [2.24, 2.45) is 5.73 Å². The minimum atomic E-state index is -0.525. The highest BCUT2D eigenvalue weighted by molar-refractivity contribution is 6.00. The molecule has 7 nitrogen and oxygen atoms in total. The lowest BCUT2D eigenvalue weighted by Gasteiger charge is -2.22. The molecule has 2 aliphatic rings. The zero-order valence-electron chi connectivity index (χ0n) is 12.7. The third-order valence-corrected chi connectivity index (χ3v) is 4.06. The lowest BCUT2D eigenvalue weighted by Crippen LogP contribution is -2.47. The third kappa shape index (κ3) is 2.73. The molecule has 120 valence electrons. The molecule has 1 aromatic carbocycles. The van der Waals surface area contributed by atoms with E-state index in [1.807, 2.05) is 18.2 Å². The number of methoxy groups -OCH3 is 1. The van der Waals surface area contributed by atoms with Crippen LogP contribution >= 0.6 is 0 Å². The Morgan fingerprint density at radius 3 is 2.96 bits per heavy atom. The highest BCUT2D eigenvalue weighted by Gasteiger charge is 2.29. The van der Waals surface area contributed by atoms with E-state index in [0.29, 0.717) is 0 Å². The molecule has 1 heterocycles. The molecule has 3 amide bonds. The smallest absolute Gasteiger partial charge is 0.323 e. The van der Waals surface area contributed by atoms with Gasteiger partial charge in [0.05, 0.1) is 24.5 Å². The van der Waals surface area contributed by atoms with E-state index in [0.717, 1.165) is 24.2 Å². The first kappa shape index (κ1) is 15.0. The number of hydrogen-bond donors (Lipinski definition) is 4. The van der Waals surface area contributed by atoms with Crippen molar-refractivity contribution in [2.75, 3.05) is 7.11 Å². The number of amides is 3. The molecule has 0 aromatic heterocycles. The van der Waals surface area contributed by atoms with E-state index < -0.39 is 11.9 Å². The molecule has 1 aromatic rings. The molecule has 1 aliphatic carbocycles. The fourth-order valence-electron chi connectivity index (χ4n) is 2.83. The van der Waals surface area contributed by atoms with E-state index >= 15 is 0 Å². The van der Waals surface area contributed by atoms with Gasteiger partial charge in [-0.25, -0.2) is 4.79 Å². The molecule has 23 heavy (non-hydrogen) atoms. The van der Waals surface area contributed by atoms with Crippen molar-refractivity contribution in [3.63, 3.8) is 0 Å². The van der Waals surface area contributed by atoms with Gasteiger partial charge in [0.2, 0.25) is 0 Å². The fraction of sp³-hybridized carbons (Fsp3) is 0.250. The topological polar surface area (TPSA) is 105 Å². The number of carbonyl (C=O) groups excluding carboxylic acids is 2. The van der Waals surface area contributed by atoms with Crippen molar-refractivity contribution in [3.05, 3.63) is 53.0 Å². The Labute approximate surface area is 133 Å². The lowest BCUT2D eigenvalue weighted by atomic mass is 10.1. The first-order valence-electron chi connectivity index (χ1n) is 7.24. The average Bonchev–Trinajstić information content (AvgIpc) is 2.92. The molecule has 0 bridgehead atoms. The number of ether oxygens (including phenoxy) is 1. The largest absolute Gasteiger partial charge is 0.497 e. The van der Waals surface area contributed by atoms with E-state index in [9.17, 15) is 9.59 Å². The first-order valence-corrected chi connectivity index (χ1v) is 7.24. The molecule has 7 heteroatoms. The molecule has 0 spiro atoms. The van der Waals surface area contributed by atoms with Crippen LogP contribution in [0.25, 0.3) is 0 Å². The molecule has 5 N–H and O–H groups in total. The molecule has 1 aliphatic heterocycles. The van der Waals surface area contributed by atoms with Gasteiger partial charge in [0, 0.05) is 0 Å². The second-order valence-electron chi connectivity index (χ2n) is 5.48. The van der Waals surface area contributed by atoms with Crippen LogP contribution in [0.5, 0.6) is 5.75 Å². The minimum Gasteiger partial charge on any atom is -0.497 e. The number of nitrogens with one attached hydrogen (secondary N) is 3. The maximum atomic E-state index is 12.5. The van der Waals surface area contributed by atoms with Gasteiger partial charge >= 0.3 is 6.03 Å². The fourth-order valence-corrected chi connectivity index (χ4v) is 2.83. The summed E-state index contributed by atoms with van der Waals surface area (Å²) in [4.78, 5) is 23.9. The zero-order valence-corrected chi connectivity index (χ0v) is 12.7. The maximum Gasteiger partial charge on any atom is 0.323 e. The standard InChI is InChI=1S/C16H18N4O3/c1-8-13(17)14(20-16(22)18-8)15(21)19-12-6-4-9-3-5-10(23-2)7-11(9)12/h3,5,7,12H,1,4,6,17H2,2H3,(H,19,21)(H2,18,20,22). The Morgan fingerprint density at radius 2 is 2.22 bits per heavy atom. The third-order valence-electron chi connectivity index (χ3n) is 4.06. The van der Waals surface area contributed by atoms with Crippen molar-refractivity contribution in [1.29, 1.82) is 0 Å². The van der Waals surface area contributed by atoms with E-state index in [2.05, 4.69) is 22.5 Å². The second kappa shape index (κ2) is 5.68. The van der Waals surface area contributed by atoms with Gasteiger partial charge in [-0.15, -0.1) is 0 Å². The summed E-state index contributed by atoms with van der Waals surface area (Å²) in [5, 5.41) is 7.75. The van der Waals surface area contributed by atoms with Crippen molar-refractivity contribution < 1.29 is 14.3 Å². The molecule has 3 rings (SSSR count). The van der Waals surface area contributed by atoms with Crippen LogP contribution < -0.4 is 26.4 Å². The number of rotatable bonds is 3. The molecular weight excluding hydrogens is 296 g/mol. The van der Waals surface area contributed by atoms with Crippen LogP contribution in [0, 0.1) is 0 Å². The molecule has 1 unspecified atom stereocenters. The summed E-state index contributed by atoms with van der Waals surface area (Å²) in [6.07, 6.45) is 1.66. The zero-order chi connectivity index (χ0) is 16.6. The Morgan fingerprint density at radius 1 is 1.43 bits per heavy atom. The molecular formula is C16H18N4O3. The van der Waals surface area contributed by atoms with Gasteiger partial charge in [-0.05, 0) is 36.1 Å². The summed E-state index contributed by atoms with van der Waals surface area (Å²) >= 11 is 0. The molecule has 0 saturated carbocycles. The van der Waals surface area contributed by atoms with Crippen LogP contribution in [0.15, 0.2) is 41.9 Å². The van der Waals surface area contributed by atoms with E-state index in [4.69, 9.17) is 10.5 Å². The minimum absolute atomic E-state index is 0.0232. The van der Waals surface area contributed by atoms with E-state index in [-0.39, 0.29) is 23.1 Å². The number of carbonyl (C=O) groups is 2.